The molecule has 0 heterocycles. The minimum absolute atomic E-state index is 0.0441. The lowest BCUT2D eigenvalue weighted by Crippen LogP contribution is -1.91. The van der Waals surface area contributed by atoms with E-state index in [0.717, 1.165) is 10.8 Å². The first kappa shape index (κ1) is 14.4. The predicted molar refractivity (Wildman–Crippen MR) is 198 cm³/mol. The molecule has 46 heavy (non-hydrogen) atoms. The highest BCUT2D eigenvalue weighted by Gasteiger charge is 2.17. The van der Waals surface area contributed by atoms with Crippen LogP contribution in [0.1, 0.15) is 23.3 Å². The molecule has 0 fully saturated rings. The van der Waals surface area contributed by atoms with Crippen molar-refractivity contribution in [1.82, 2.24) is 0 Å². The van der Waals surface area contributed by atoms with Crippen molar-refractivity contribution < 1.29 is 23.3 Å². The summed E-state index contributed by atoms with van der Waals surface area (Å²) in [5.41, 5.74) is 1.04. The van der Waals surface area contributed by atoms with E-state index in [9.17, 15) is 8.22 Å². The summed E-state index contributed by atoms with van der Waals surface area (Å²) in [4.78, 5) is 0. The second-order valence-electron chi connectivity index (χ2n) is 10.8. The first-order valence-corrected chi connectivity index (χ1v) is 14.5. The maximum atomic E-state index is 9.41. The van der Waals surface area contributed by atoms with Crippen LogP contribution in [-0.4, -0.2) is 0 Å². The molecule has 0 saturated carbocycles. The molecular formula is C46H30. The molecule has 0 N–H and O–H groups in total. The Kier molecular flexibility index (Phi) is 3.41. The van der Waals surface area contributed by atoms with Gasteiger partial charge >= 0.3 is 0 Å². The van der Waals surface area contributed by atoms with E-state index in [2.05, 4.69) is 0 Å². The molecular weight excluding hydrogens is 553 g/mol. The van der Waals surface area contributed by atoms with Gasteiger partial charge in [-0.15, -0.1) is 0 Å². The van der Waals surface area contributed by atoms with E-state index in [1.54, 1.807) is 24.3 Å². The molecule has 0 spiro atoms. The van der Waals surface area contributed by atoms with Gasteiger partial charge in [-0.05, 0) is 87.6 Å². The minimum atomic E-state index is -0.757. The highest BCUT2D eigenvalue weighted by atomic mass is 14.2. The highest BCUT2D eigenvalue weighted by molar-refractivity contribution is 6.21. The van der Waals surface area contributed by atoms with E-state index < -0.39 is 84.1 Å². The second kappa shape index (κ2) is 10.9. The first-order valence-electron chi connectivity index (χ1n) is 23.0. The number of rotatable bonds is 4. The van der Waals surface area contributed by atoms with Gasteiger partial charge in [0.15, 0.2) is 0 Å². The Morgan fingerprint density at radius 2 is 0.804 bits per heavy atom. The zero-order valence-corrected chi connectivity index (χ0v) is 24.0. The van der Waals surface area contributed by atoms with Crippen LogP contribution in [0.15, 0.2) is 182 Å². The standard InChI is InChI=1S/C46H30/c1-2-14-33(15-3-1)45-41-20-8-10-22-43(41)46(44-23-11-9-21-42(44)45)34-27-25-32(26-28-34)36-29-30-40(39-19-7-6-18-37(36)39)38-24-12-16-31-13-4-5-17-35(31)38/h1-30H/i1D,2D,3D,6D,7D,8D,9D,10D,11D,14D,15D,20D,21D,22D,23D,29D,30D. The van der Waals surface area contributed by atoms with Crippen LogP contribution in [0.2, 0.25) is 0 Å². The molecule has 0 radical (unpaired) electrons. The van der Waals surface area contributed by atoms with Crippen LogP contribution in [0, 0.1) is 0 Å². The minimum Gasteiger partial charge on any atom is -0.0622 e. The monoisotopic (exact) mass is 599 g/mol. The molecule has 0 amide bonds. The van der Waals surface area contributed by atoms with Gasteiger partial charge in [0.05, 0.1) is 23.3 Å². The van der Waals surface area contributed by atoms with Crippen LogP contribution in [0.4, 0.5) is 0 Å². The van der Waals surface area contributed by atoms with Gasteiger partial charge in [0.1, 0.15) is 0 Å². The summed E-state index contributed by atoms with van der Waals surface area (Å²) >= 11 is 0. The fraction of sp³-hybridized carbons (Fsp3) is 0. The van der Waals surface area contributed by atoms with Crippen molar-refractivity contribution in [3.63, 3.8) is 0 Å². The fourth-order valence-corrected chi connectivity index (χ4v) is 6.28. The van der Waals surface area contributed by atoms with Gasteiger partial charge in [-0.25, -0.2) is 0 Å². The molecule has 0 bridgehead atoms. The Bertz CT molecular complexity index is 3410. The summed E-state index contributed by atoms with van der Waals surface area (Å²) < 4.78 is 150. The Balaban J connectivity index is 1.40. The topological polar surface area (TPSA) is 0 Å². The molecule has 9 aromatic carbocycles. The Morgan fingerprint density at radius 1 is 0.283 bits per heavy atom. The first-order chi connectivity index (χ1) is 29.9. The third-order valence-electron chi connectivity index (χ3n) is 8.30. The molecule has 0 aliphatic heterocycles. The number of hydrogen-bond acceptors (Lipinski definition) is 0. The van der Waals surface area contributed by atoms with E-state index >= 15 is 0 Å². The highest BCUT2D eigenvalue weighted by Crippen LogP contribution is 2.44. The van der Waals surface area contributed by atoms with Gasteiger partial charge < -0.3 is 0 Å². The van der Waals surface area contributed by atoms with Gasteiger partial charge in [-0.2, -0.15) is 0 Å². The summed E-state index contributed by atoms with van der Waals surface area (Å²) in [5.74, 6) is 0. The molecule has 0 nitrogen and oxygen atoms in total. The van der Waals surface area contributed by atoms with E-state index in [0.29, 0.717) is 27.5 Å². The van der Waals surface area contributed by atoms with E-state index in [-0.39, 0.29) is 68.0 Å². The molecule has 0 aromatic heterocycles. The molecule has 0 aliphatic carbocycles. The summed E-state index contributed by atoms with van der Waals surface area (Å²) in [6, 6.07) is 13.0. The number of fused-ring (bicyclic) bond motifs is 4. The van der Waals surface area contributed by atoms with Gasteiger partial charge in [0.2, 0.25) is 0 Å². The van der Waals surface area contributed by atoms with Crippen LogP contribution in [0.3, 0.4) is 0 Å². The van der Waals surface area contributed by atoms with Gasteiger partial charge in [-0.1, -0.05) is 182 Å². The van der Waals surface area contributed by atoms with Crippen molar-refractivity contribution >= 4 is 43.1 Å². The molecule has 0 unspecified atom stereocenters. The van der Waals surface area contributed by atoms with Crippen molar-refractivity contribution in [1.29, 1.82) is 0 Å². The molecule has 0 aliphatic rings. The maximum Gasteiger partial charge on any atom is 0.0630 e. The molecule has 214 valence electrons. The SMILES string of the molecule is [2H]c1cc2c(-c3ccc(-c4c5c([2H])c([2H])c([2H])c([2H])c5c(-c5c([2H])c([2H])c([2H])c([2H])c5[2H])c5c([2H])c([2H])c([2H])c([2H])c45)cc3)c([2H])c([2H])c(-c3cccc4ccccc34)c2cc1[2H]. The van der Waals surface area contributed by atoms with Crippen molar-refractivity contribution in [2.45, 2.75) is 0 Å². The zero-order chi connectivity index (χ0) is 45.2. The zero-order valence-electron chi connectivity index (χ0n) is 41.0. The van der Waals surface area contributed by atoms with Crippen molar-refractivity contribution in [3.8, 4) is 44.5 Å². The predicted octanol–water partition coefficient (Wildman–Crippen LogP) is 13.0. The third kappa shape index (κ3) is 4.23. The molecule has 9 aromatic rings. The van der Waals surface area contributed by atoms with Crippen LogP contribution in [0.25, 0.3) is 87.6 Å². The Morgan fingerprint density at radius 3 is 1.48 bits per heavy atom. The Labute approximate surface area is 292 Å². The lowest BCUT2D eigenvalue weighted by molar-refractivity contribution is 1.62. The van der Waals surface area contributed by atoms with Crippen LogP contribution in [-0.2, 0) is 0 Å². The largest absolute Gasteiger partial charge is 0.0630 e. The maximum absolute atomic E-state index is 9.41. The van der Waals surface area contributed by atoms with E-state index in [4.69, 9.17) is 15.1 Å². The average Bonchev–Trinajstić information content (AvgIpc) is 3.28. The van der Waals surface area contributed by atoms with E-state index in [1.165, 1.54) is 12.1 Å². The van der Waals surface area contributed by atoms with Crippen LogP contribution < -0.4 is 0 Å². The average molecular weight is 600 g/mol. The molecule has 9 rings (SSSR count). The van der Waals surface area contributed by atoms with Gasteiger partial charge in [0, 0.05) is 0 Å². The normalized spacial score (nSPS) is 16.7. The fourth-order valence-electron chi connectivity index (χ4n) is 6.28. The number of benzene rings is 9. The summed E-state index contributed by atoms with van der Waals surface area (Å²) in [6.45, 7) is 0. The smallest absolute Gasteiger partial charge is 0.0622 e. The second-order valence-corrected chi connectivity index (χ2v) is 10.8. The molecule has 0 atom stereocenters. The summed E-state index contributed by atoms with van der Waals surface area (Å²) in [5, 5.41) is 1.53. The van der Waals surface area contributed by atoms with Crippen molar-refractivity contribution in [3.05, 3.63) is 182 Å². The number of hydrogen-bond donors (Lipinski definition) is 0. The Hall–Kier alpha value is -5.98. The lowest BCUT2D eigenvalue weighted by atomic mass is 9.85. The quantitative estimate of drug-likeness (QED) is 0.177. The van der Waals surface area contributed by atoms with Crippen LogP contribution >= 0.6 is 0 Å². The van der Waals surface area contributed by atoms with Gasteiger partial charge in [0.25, 0.3) is 0 Å². The summed E-state index contributed by atoms with van der Waals surface area (Å²) in [7, 11) is 0. The van der Waals surface area contributed by atoms with Crippen molar-refractivity contribution in [2.75, 3.05) is 0 Å². The van der Waals surface area contributed by atoms with Crippen LogP contribution in [0.5, 0.6) is 0 Å². The third-order valence-corrected chi connectivity index (χ3v) is 8.30. The summed E-state index contributed by atoms with van der Waals surface area (Å²) in [6.07, 6.45) is 0. The molecule has 0 heteroatoms. The molecule has 0 saturated heterocycles. The van der Waals surface area contributed by atoms with Gasteiger partial charge in [-0.3, -0.25) is 0 Å². The van der Waals surface area contributed by atoms with E-state index in [1.807, 2.05) is 42.5 Å². The van der Waals surface area contributed by atoms with Crippen molar-refractivity contribution in [2.24, 2.45) is 0 Å². The lowest BCUT2D eigenvalue weighted by Gasteiger charge is -2.18.